The molecular weight excluding hydrogens is 204 g/mol. The maximum atomic E-state index is 11.1. The van der Waals surface area contributed by atoms with Crippen LogP contribution in [0.15, 0.2) is 30.5 Å². The fraction of sp³-hybridized carbons (Fsp3) is 0.250. The number of hydrogen-bond donors (Lipinski definition) is 2. The van der Waals surface area contributed by atoms with Gasteiger partial charge in [-0.15, -0.1) is 0 Å². The Morgan fingerprint density at radius 1 is 1.44 bits per heavy atom. The number of nitrogens with one attached hydrogen (secondary N) is 1. The lowest BCUT2D eigenvalue weighted by atomic mass is 10.1. The van der Waals surface area contributed by atoms with Gasteiger partial charge in [0.1, 0.15) is 6.04 Å². The van der Waals surface area contributed by atoms with Crippen LogP contribution in [0, 0.1) is 0 Å². The summed E-state index contributed by atoms with van der Waals surface area (Å²) in [6.07, 6.45) is 1.86. The van der Waals surface area contributed by atoms with E-state index in [9.17, 15) is 4.79 Å². The molecule has 0 saturated carbocycles. The highest BCUT2D eigenvalue weighted by atomic mass is 16.4. The largest absolute Gasteiger partial charge is 0.480 e. The van der Waals surface area contributed by atoms with E-state index in [4.69, 9.17) is 5.11 Å². The number of rotatable bonds is 3. The number of likely N-dealkylation sites (N-methyl/N-ethyl adjacent to an activating group) is 1. The number of aromatic nitrogens is 1. The number of nitrogens with zero attached hydrogens (tertiary/aromatic N) is 1. The Kier molecular flexibility index (Phi) is 2.66. The Bertz CT molecular complexity index is 531. The molecule has 2 N–H and O–H groups in total. The number of carboxylic acid groups (broad SMARTS) is 1. The van der Waals surface area contributed by atoms with Crippen molar-refractivity contribution in [1.29, 1.82) is 0 Å². The van der Waals surface area contributed by atoms with Gasteiger partial charge in [-0.3, -0.25) is 4.79 Å². The number of carbonyl (C=O) groups is 1. The van der Waals surface area contributed by atoms with Gasteiger partial charge in [0.15, 0.2) is 0 Å². The number of aliphatic carboxylic acids is 1. The van der Waals surface area contributed by atoms with Crippen LogP contribution >= 0.6 is 0 Å². The molecule has 0 amide bonds. The van der Waals surface area contributed by atoms with Gasteiger partial charge in [0.05, 0.1) is 0 Å². The Labute approximate surface area is 93.5 Å². The van der Waals surface area contributed by atoms with Crippen LogP contribution in [-0.4, -0.2) is 22.7 Å². The molecule has 0 fully saturated rings. The van der Waals surface area contributed by atoms with E-state index in [2.05, 4.69) is 5.32 Å². The third-order valence-electron chi connectivity index (χ3n) is 2.77. The molecule has 1 aromatic heterocycles. The average Bonchev–Trinajstić information content (AvgIpc) is 2.58. The van der Waals surface area contributed by atoms with Crippen molar-refractivity contribution >= 4 is 16.9 Å². The first kappa shape index (κ1) is 10.7. The van der Waals surface area contributed by atoms with Crippen molar-refractivity contribution in [2.24, 2.45) is 7.05 Å². The molecule has 1 heterocycles. The van der Waals surface area contributed by atoms with Crippen molar-refractivity contribution < 1.29 is 9.90 Å². The fourth-order valence-corrected chi connectivity index (χ4v) is 2.02. The van der Waals surface area contributed by atoms with Gasteiger partial charge in [-0.2, -0.15) is 0 Å². The first-order valence-corrected chi connectivity index (χ1v) is 5.09. The van der Waals surface area contributed by atoms with Crippen molar-refractivity contribution in [1.82, 2.24) is 9.88 Å². The summed E-state index contributed by atoms with van der Waals surface area (Å²) in [6, 6.07) is 7.12. The highest BCUT2D eigenvalue weighted by Crippen LogP contribution is 2.25. The second-order valence-electron chi connectivity index (χ2n) is 3.77. The van der Waals surface area contributed by atoms with E-state index in [0.717, 1.165) is 16.5 Å². The minimum Gasteiger partial charge on any atom is -0.480 e. The van der Waals surface area contributed by atoms with Crippen LogP contribution in [0.5, 0.6) is 0 Å². The Hall–Kier alpha value is -1.81. The van der Waals surface area contributed by atoms with E-state index in [1.807, 2.05) is 42.1 Å². The summed E-state index contributed by atoms with van der Waals surface area (Å²) in [5, 5.41) is 12.9. The second-order valence-corrected chi connectivity index (χ2v) is 3.77. The number of fused-ring (bicyclic) bond motifs is 1. The number of carboxylic acids is 1. The van der Waals surface area contributed by atoms with Crippen LogP contribution < -0.4 is 5.32 Å². The molecule has 0 spiro atoms. The Morgan fingerprint density at radius 2 is 2.12 bits per heavy atom. The van der Waals surface area contributed by atoms with E-state index in [-0.39, 0.29) is 0 Å². The number of hydrogen-bond acceptors (Lipinski definition) is 2. The third kappa shape index (κ3) is 1.57. The van der Waals surface area contributed by atoms with Gasteiger partial charge in [-0.1, -0.05) is 18.2 Å². The fourth-order valence-electron chi connectivity index (χ4n) is 2.02. The van der Waals surface area contributed by atoms with Gasteiger partial charge >= 0.3 is 5.97 Å². The summed E-state index contributed by atoms with van der Waals surface area (Å²) >= 11 is 0. The van der Waals surface area contributed by atoms with Crippen molar-refractivity contribution in [3.63, 3.8) is 0 Å². The maximum absolute atomic E-state index is 11.1. The highest BCUT2D eigenvalue weighted by Gasteiger charge is 2.21. The lowest BCUT2D eigenvalue weighted by molar-refractivity contribution is -0.139. The van der Waals surface area contributed by atoms with E-state index < -0.39 is 12.0 Å². The molecule has 16 heavy (non-hydrogen) atoms. The van der Waals surface area contributed by atoms with Crippen molar-refractivity contribution in [3.05, 3.63) is 36.0 Å². The van der Waals surface area contributed by atoms with E-state index in [0.29, 0.717) is 0 Å². The summed E-state index contributed by atoms with van der Waals surface area (Å²) in [4.78, 5) is 11.1. The van der Waals surface area contributed by atoms with Gasteiger partial charge in [0.25, 0.3) is 0 Å². The van der Waals surface area contributed by atoms with Crippen LogP contribution in [0.2, 0.25) is 0 Å². The number of para-hydroxylation sites is 1. The molecule has 2 rings (SSSR count). The molecule has 84 valence electrons. The van der Waals surface area contributed by atoms with Gasteiger partial charge in [-0.05, 0) is 13.1 Å². The first-order chi connectivity index (χ1) is 7.65. The molecule has 0 aliphatic rings. The number of aryl methyl sites for hydroxylation is 1. The first-order valence-electron chi connectivity index (χ1n) is 5.09. The van der Waals surface area contributed by atoms with Crippen molar-refractivity contribution in [3.8, 4) is 0 Å². The predicted octanol–water partition coefficient (Wildman–Crippen LogP) is 1.52. The third-order valence-corrected chi connectivity index (χ3v) is 2.77. The molecule has 0 radical (unpaired) electrons. The lowest BCUT2D eigenvalue weighted by Gasteiger charge is -2.09. The molecule has 0 aliphatic carbocycles. The van der Waals surface area contributed by atoms with E-state index >= 15 is 0 Å². The molecule has 1 aromatic carbocycles. The van der Waals surface area contributed by atoms with Crippen LogP contribution in [-0.2, 0) is 11.8 Å². The summed E-state index contributed by atoms with van der Waals surface area (Å²) in [5.41, 5.74) is 1.84. The summed E-state index contributed by atoms with van der Waals surface area (Å²) in [5.74, 6) is -0.862. The molecule has 4 heteroatoms. The van der Waals surface area contributed by atoms with Gasteiger partial charge < -0.3 is 15.0 Å². The van der Waals surface area contributed by atoms with Gasteiger partial charge in [-0.25, -0.2) is 0 Å². The Balaban J connectivity index is 2.64. The van der Waals surface area contributed by atoms with Crippen molar-refractivity contribution in [2.75, 3.05) is 7.05 Å². The smallest absolute Gasteiger partial charge is 0.325 e. The quantitative estimate of drug-likeness (QED) is 0.821. The van der Waals surface area contributed by atoms with E-state index in [1.54, 1.807) is 7.05 Å². The second kappa shape index (κ2) is 3.98. The molecule has 2 aromatic rings. The SMILES string of the molecule is CNC(C(=O)O)c1cn(C)c2ccccc12. The number of benzene rings is 1. The normalized spacial score (nSPS) is 12.9. The molecule has 4 nitrogen and oxygen atoms in total. The zero-order valence-corrected chi connectivity index (χ0v) is 9.27. The van der Waals surface area contributed by atoms with Crippen molar-refractivity contribution in [2.45, 2.75) is 6.04 Å². The lowest BCUT2D eigenvalue weighted by Crippen LogP contribution is -2.24. The average molecular weight is 218 g/mol. The summed E-state index contributed by atoms with van der Waals surface area (Å²) in [6.45, 7) is 0. The molecule has 1 atom stereocenters. The van der Waals surface area contributed by atoms with Gasteiger partial charge in [0, 0.05) is 29.7 Å². The summed E-state index contributed by atoms with van der Waals surface area (Å²) in [7, 11) is 3.57. The highest BCUT2D eigenvalue weighted by molar-refractivity contribution is 5.89. The van der Waals surface area contributed by atoms with Crippen LogP contribution in [0.3, 0.4) is 0 Å². The standard InChI is InChI=1S/C12H14N2O2/c1-13-11(12(15)16)9-7-14(2)10-6-4-3-5-8(9)10/h3-7,11,13H,1-2H3,(H,15,16). The molecular formula is C12H14N2O2. The monoisotopic (exact) mass is 218 g/mol. The minimum absolute atomic E-state index is 0.661. The van der Waals surface area contributed by atoms with Crippen LogP contribution in [0.1, 0.15) is 11.6 Å². The zero-order chi connectivity index (χ0) is 11.7. The molecule has 0 saturated heterocycles. The molecule has 0 aliphatic heterocycles. The minimum atomic E-state index is -0.862. The van der Waals surface area contributed by atoms with Crippen LogP contribution in [0.25, 0.3) is 10.9 Å². The van der Waals surface area contributed by atoms with E-state index in [1.165, 1.54) is 0 Å². The predicted molar refractivity (Wildman–Crippen MR) is 62.4 cm³/mol. The molecule has 1 unspecified atom stereocenters. The molecule has 0 bridgehead atoms. The maximum Gasteiger partial charge on any atom is 0.325 e. The zero-order valence-electron chi connectivity index (χ0n) is 9.27. The van der Waals surface area contributed by atoms with Crippen LogP contribution in [0.4, 0.5) is 0 Å². The topological polar surface area (TPSA) is 54.3 Å². The van der Waals surface area contributed by atoms with Gasteiger partial charge in [0.2, 0.25) is 0 Å². The Morgan fingerprint density at radius 3 is 2.75 bits per heavy atom. The summed E-state index contributed by atoms with van der Waals surface area (Å²) < 4.78 is 1.94.